The Bertz CT molecular complexity index is 904. The Morgan fingerprint density at radius 2 is 1.88 bits per heavy atom. The van der Waals surface area contributed by atoms with Gasteiger partial charge in [-0.25, -0.2) is 0 Å². The molecule has 2 N–H and O–H groups in total. The molecule has 0 fully saturated rings. The van der Waals surface area contributed by atoms with Gasteiger partial charge in [-0.05, 0) is 36.4 Å². The Hall–Kier alpha value is -3.23. The lowest BCUT2D eigenvalue weighted by atomic mass is 10.1. The SMILES string of the molecule is COc1cc(C(=O)Nc2ccc(OC(F)(F)F)cc2)c2[nH]ncc2c1. The number of hydrogen-bond acceptors (Lipinski definition) is 4. The normalized spacial score (nSPS) is 11.4. The predicted octanol–water partition coefficient (Wildman–Crippen LogP) is 3.72. The molecule has 1 heterocycles. The standard InChI is InChI=1S/C16H12F3N3O3/c1-24-12-6-9-8-20-22-14(9)13(7-12)15(23)21-10-2-4-11(5-3-10)25-16(17,18)19/h2-8H,1H3,(H,20,22)(H,21,23). The molecular formula is C16H12F3N3O3. The highest BCUT2D eigenvalue weighted by Crippen LogP contribution is 2.26. The number of rotatable bonds is 4. The minimum Gasteiger partial charge on any atom is -0.497 e. The van der Waals surface area contributed by atoms with E-state index in [1.165, 1.54) is 25.3 Å². The van der Waals surface area contributed by atoms with E-state index in [1.54, 1.807) is 12.3 Å². The molecule has 25 heavy (non-hydrogen) atoms. The van der Waals surface area contributed by atoms with Crippen LogP contribution in [0, 0.1) is 0 Å². The molecule has 0 aliphatic heterocycles. The molecule has 0 aliphatic carbocycles. The van der Waals surface area contributed by atoms with Gasteiger partial charge in [0, 0.05) is 11.1 Å². The molecule has 1 aromatic heterocycles. The van der Waals surface area contributed by atoms with Crippen molar-refractivity contribution >= 4 is 22.5 Å². The van der Waals surface area contributed by atoms with Crippen LogP contribution in [0.1, 0.15) is 10.4 Å². The van der Waals surface area contributed by atoms with E-state index in [0.29, 0.717) is 27.9 Å². The molecule has 0 saturated carbocycles. The average Bonchev–Trinajstić information content (AvgIpc) is 3.02. The molecule has 1 amide bonds. The third-order valence-corrected chi connectivity index (χ3v) is 3.35. The van der Waals surface area contributed by atoms with Crippen molar-refractivity contribution in [2.75, 3.05) is 12.4 Å². The second kappa shape index (κ2) is 6.34. The summed E-state index contributed by atoms with van der Waals surface area (Å²) in [5, 5.41) is 9.91. The van der Waals surface area contributed by atoms with Gasteiger partial charge in [-0.1, -0.05) is 0 Å². The maximum absolute atomic E-state index is 12.5. The van der Waals surface area contributed by atoms with E-state index in [0.717, 1.165) is 12.1 Å². The van der Waals surface area contributed by atoms with E-state index in [2.05, 4.69) is 20.3 Å². The first-order valence-electron chi connectivity index (χ1n) is 7.04. The smallest absolute Gasteiger partial charge is 0.497 e. The summed E-state index contributed by atoms with van der Waals surface area (Å²) in [6.07, 6.45) is -3.21. The third-order valence-electron chi connectivity index (χ3n) is 3.35. The number of benzene rings is 2. The molecule has 130 valence electrons. The molecule has 3 aromatic rings. The molecule has 0 saturated heterocycles. The maximum Gasteiger partial charge on any atom is 0.573 e. The number of alkyl halides is 3. The van der Waals surface area contributed by atoms with Crippen LogP contribution < -0.4 is 14.8 Å². The highest BCUT2D eigenvalue weighted by atomic mass is 19.4. The van der Waals surface area contributed by atoms with Crippen LogP contribution in [0.2, 0.25) is 0 Å². The van der Waals surface area contributed by atoms with Gasteiger partial charge in [-0.2, -0.15) is 5.10 Å². The van der Waals surface area contributed by atoms with Crippen molar-refractivity contribution in [1.82, 2.24) is 10.2 Å². The number of carbonyl (C=O) groups is 1. The summed E-state index contributed by atoms with van der Waals surface area (Å²) < 4.78 is 45.4. The molecule has 0 aliphatic rings. The fourth-order valence-electron chi connectivity index (χ4n) is 2.27. The zero-order valence-electron chi connectivity index (χ0n) is 12.8. The number of ether oxygens (including phenoxy) is 2. The number of aromatic nitrogens is 2. The van der Waals surface area contributed by atoms with Crippen molar-refractivity contribution in [2.45, 2.75) is 6.36 Å². The number of carbonyl (C=O) groups excluding carboxylic acids is 1. The van der Waals surface area contributed by atoms with Crippen molar-refractivity contribution in [3.63, 3.8) is 0 Å². The average molecular weight is 351 g/mol. The first kappa shape index (κ1) is 16.6. The molecule has 2 aromatic carbocycles. The van der Waals surface area contributed by atoms with Gasteiger partial charge in [0.2, 0.25) is 0 Å². The summed E-state index contributed by atoms with van der Waals surface area (Å²) in [4.78, 5) is 12.5. The summed E-state index contributed by atoms with van der Waals surface area (Å²) >= 11 is 0. The predicted molar refractivity (Wildman–Crippen MR) is 83.7 cm³/mol. The number of halogens is 3. The first-order chi connectivity index (χ1) is 11.9. The second-order valence-electron chi connectivity index (χ2n) is 5.04. The van der Waals surface area contributed by atoms with Crippen molar-refractivity contribution in [2.24, 2.45) is 0 Å². The largest absolute Gasteiger partial charge is 0.573 e. The number of H-pyrrole nitrogens is 1. The summed E-state index contributed by atoms with van der Waals surface area (Å²) in [6.45, 7) is 0. The third kappa shape index (κ3) is 3.82. The van der Waals surface area contributed by atoms with Gasteiger partial charge in [0.15, 0.2) is 0 Å². The van der Waals surface area contributed by atoms with Gasteiger partial charge in [0.25, 0.3) is 5.91 Å². The van der Waals surface area contributed by atoms with Crippen LogP contribution in [-0.4, -0.2) is 29.6 Å². The lowest BCUT2D eigenvalue weighted by molar-refractivity contribution is -0.274. The van der Waals surface area contributed by atoms with E-state index >= 15 is 0 Å². The quantitative estimate of drug-likeness (QED) is 0.751. The highest BCUT2D eigenvalue weighted by molar-refractivity contribution is 6.12. The van der Waals surface area contributed by atoms with Crippen molar-refractivity contribution in [3.8, 4) is 11.5 Å². The molecule has 0 atom stereocenters. The van der Waals surface area contributed by atoms with Gasteiger partial charge in [-0.3, -0.25) is 9.89 Å². The Balaban J connectivity index is 1.82. The summed E-state index contributed by atoms with van der Waals surface area (Å²) in [6, 6.07) is 8.10. The van der Waals surface area contributed by atoms with E-state index in [9.17, 15) is 18.0 Å². The minimum atomic E-state index is -4.77. The maximum atomic E-state index is 12.5. The molecular weight excluding hydrogens is 339 g/mol. The van der Waals surface area contributed by atoms with Crippen LogP contribution in [0.3, 0.4) is 0 Å². The molecule has 9 heteroatoms. The first-order valence-corrected chi connectivity index (χ1v) is 7.04. The molecule has 3 rings (SSSR count). The molecule has 0 unspecified atom stereocenters. The van der Waals surface area contributed by atoms with Crippen LogP contribution >= 0.6 is 0 Å². The van der Waals surface area contributed by atoms with Crippen LogP contribution in [0.4, 0.5) is 18.9 Å². The fourth-order valence-corrected chi connectivity index (χ4v) is 2.27. The Morgan fingerprint density at radius 3 is 2.52 bits per heavy atom. The lowest BCUT2D eigenvalue weighted by Crippen LogP contribution is -2.17. The Labute approximate surface area is 139 Å². The van der Waals surface area contributed by atoms with Crippen molar-refractivity contribution in [3.05, 3.63) is 48.2 Å². The van der Waals surface area contributed by atoms with E-state index in [-0.39, 0.29) is 5.75 Å². The minimum absolute atomic E-state index is 0.294. The van der Waals surface area contributed by atoms with Crippen LogP contribution in [0.15, 0.2) is 42.6 Å². The topological polar surface area (TPSA) is 76.2 Å². The number of anilines is 1. The molecule has 0 bridgehead atoms. The number of nitrogens with one attached hydrogen (secondary N) is 2. The summed E-state index contributed by atoms with van der Waals surface area (Å²) in [7, 11) is 1.47. The lowest BCUT2D eigenvalue weighted by Gasteiger charge is -2.10. The number of methoxy groups -OCH3 is 1. The van der Waals surface area contributed by atoms with E-state index in [1.807, 2.05) is 0 Å². The van der Waals surface area contributed by atoms with E-state index in [4.69, 9.17) is 4.74 Å². The van der Waals surface area contributed by atoms with Gasteiger partial charge >= 0.3 is 6.36 Å². The zero-order chi connectivity index (χ0) is 18.0. The van der Waals surface area contributed by atoms with Crippen molar-refractivity contribution in [1.29, 1.82) is 0 Å². The van der Waals surface area contributed by atoms with Gasteiger partial charge < -0.3 is 14.8 Å². The van der Waals surface area contributed by atoms with Gasteiger partial charge in [0.05, 0.1) is 24.4 Å². The number of aromatic amines is 1. The van der Waals surface area contributed by atoms with E-state index < -0.39 is 12.3 Å². The number of fused-ring (bicyclic) bond motifs is 1. The van der Waals surface area contributed by atoms with Crippen LogP contribution in [0.25, 0.3) is 10.9 Å². The van der Waals surface area contributed by atoms with Crippen LogP contribution in [-0.2, 0) is 0 Å². The molecule has 0 radical (unpaired) electrons. The zero-order valence-corrected chi connectivity index (χ0v) is 12.8. The summed E-state index contributed by atoms with van der Waals surface area (Å²) in [5.74, 6) is -0.353. The van der Waals surface area contributed by atoms with Gasteiger partial charge in [0.1, 0.15) is 11.5 Å². The Kier molecular flexibility index (Phi) is 4.22. The Morgan fingerprint density at radius 1 is 1.16 bits per heavy atom. The second-order valence-corrected chi connectivity index (χ2v) is 5.04. The summed E-state index contributed by atoms with van der Waals surface area (Å²) in [5.41, 5.74) is 1.13. The van der Waals surface area contributed by atoms with Crippen molar-refractivity contribution < 1.29 is 27.4 Å². The monoisotopic (exact) mass is 351 g/mol. The number of nitrogens with zero attached hydrogens (tertiary/aromatic N) is 1. The van der Waals surface area contributed by atoms with Gasteiger partial charge in [-0.15, -0.1) is 13.2 Å². The molecule has 0 spiro atoms. The highest BCUT2D eigenvalue weighted by Gasteiger charge is 2.31. The molecule has 6 nitrogen and oxygen atoms in total. The number of hydrogen-bond donors (Lipinski definition) is 2. The fraction of sp³-hybridized carbons (Fsp3) is 0.125. The number of amides is 1. The van der Waals surface area contributed by atoms with Crippen LogP contribution in [0.5, 0.6) is 11.5 Å².